The van der Waals surface area contributed by atoms with Crippen molar-refractivity contribution in [2.45, 2.75) is 25.3 Å². The van der Waals surface area contributed by atoms with Gasteiger partial charge in [-0.15, -0.1) is 0 Å². The van der Waals surface area contributed by atoms with E-state index in [0.717, 1.165) is 19.1 Å². The second-order valence-corrected chi connectivity index (χ2v) is 2.79. The zero-order chi connectivity index (χ0) is 10.1. The van der Waals surface area contributed by atoms with Gasteiger partial charge in [0.1, 0.15) is 6.04 Å². The highest BCUT2D eigenvalue weighted by molar-refractivity contribution is 5.74. The number of carboxylic acid groups (broad SMARTS) is 1. The van der Waals surface area contributed by atoms with Gasteiger partial charge in [0.15, 0.2) is 0 Å². The molecule has 1 atom stereocenters. The van der Waals surface area contributed by atoms with Crippen LogP contribution in [0.1, 0.15) is 19.3 Å². The van der Waals surface area contributed by atoms with Crippen LogP contribution in [-0.2, 0) is 4.79 Å². The molecular weight excluding hydrogens is 170 g/mol. The van der Waals surface area contributed by atoms with Gasteiger partial charge in [-0.25, -0.2) is 0 Å². The standard InChI is InChI=1S/C8H17N3O2/c9-4-2-1-3-7(8(12)13)11-6-5-10/h5,7,10-11H,1-4,6,9H2,(H,12,13)/t7-/m0/s1. The molecule has 5 nitrogen and oxygen atoms in total. The summed E-state index contributed by atoms with van der Waals surface area (Å²) in [5.41, 5.74) is 5.29. The first kappa shape index (κ1) is 12.1. The highest BCUT2D eigenvalue weighted by atomic mass is 16.4. The van der Waals surface area contributed by atoms with Gasteiger partial charge in [-0.05, 0) is 19.4 Å². The fourth-order valence-electron chi connectivity index (χ4n) is 1.01. The Balaban J connectivity index is 3.66. The molecule has 0 spiro atoms. The molecule has 0 aliphatic heterocycles. The van der Waals surface area contributed by atoms with Crippen LogP contribution in [0.4, 0.5) is 0 Å². The first-order chi connectivity index (χ1) is 6.22. The molecule has 0 fully saturated rings. The lowest BCUT2D eigenvalue weighted by molar-refractivity contribution is -0.139. The van der Waals surface area contributed by atoms with Crippen molar-refractivity contribution < 1.29 is 9.90 Å². The second-order valence-electron chi connectivity index (χ2n) is 2.79. The molecule has 5 heteroatoms. The number of carboxylic acids is 1. The highest BCUT2D eigenvalue weighted by Crippen LogP contribution is 1.99. The number of hydrogen-bond acceptors (Lipinski definition) is 4. The molecule has 13 heavy (non-hydrogen) atoms. The fraction of sp³-hybridized carbons (Fsp3) is 0.750. The summed E-state index contributed by atoms with van der Waals surface area (Å²) in [5.74, 6) is -0.862. The molecule has 0 unspecified atom stereocenters. The summed E-state index contributed by atoms with van der Waals surface area (Å²) in [5, 5.41) is 18.2. The van der Waals surface area contributed by atoms with Crippen molar-refractivity contribution in [3.63, 3.8) is 0 Å². The minimum Gasteiger partial charge on any atom is -0.480 e. The van der Waals surface area contributed by atoms with Crippen LogP contribution in [0, 0.1) is 5.41 Å². The van der Waals surface area contributed by atoms with Gasteiger partial charge >= 0.3 is 5.97 Å². The predicted molar refractivity (Wildman–Crippen MR) is 51.1 cm³/mol. The lowest BCUT2D eigenvalue weighted by Gasteiger charge is -2.11. The van der Waals surface area contributed by atoms with E-state index in [1.54, 1.807) is 0 Å². The van der Waals surface area contributed by atoms with E-state index in [2.05, 4.69) is 5.32 Å². The van der Waals surface area contributed by atoms with Crippen LogP contribution in [0.2, 0.25) is 0 Å². The quantitative estimate of drug-likeness (QED) is 0.312. The van der Waals surface area contributed by atoms with Gasteiger partial charge in [-0.3, -0.25) is 10.1 Å². The van der Waals surface area contributed by atoms with E-state index in [4.69, 9.17) is 16.2 Å². The van der Waals surface area contributed by atoms with Gasteiger partial charge in [0.2, 0.25) is 0 Å². The molecular formula is C8H17N3O2. The molecule has 0 aliphatic rings. The zero-order valence-corrected chi connectivity index (χ0v) is 7.62. The van der Waals surface area contributed by atoms with Crippen LogP contribution in [0.25, 0.3) is 0 Å². The average molecular weight is 187 g/mol. The number of nitrogens with one attached hydrogen (secondary N) is 2. The third-order valence-corrected chi connectivity index (χ3v) is 1.71. The third-order valence-electron chi connectivity index (χ3n) is 1.71. The molecule has 0 amide bonds. The lowest BCUT2D eigenvalue weighted by Crippen LogP contribution is -2.37. The minimum absolute atomic E-state index is 0.305. The molecule has 0 aromatic carbocycles. The van der Waals surface area contributed by atoms with Crippen LogP contribution in [0.15, 0.2) is 0 Å². The molecule has 0 aromatic rings. The number of aliphatic carboxylic acids is 1. The topological polar surface area (TPSA) is 99.2 Å². The Bertz CT molecular complexity index is 161. The summed E-state index contributed by atoms with van der Waals surface area (Å²) in [7, 11) is 0. The number of unbranched alkanes of at least 4 members (excludes halogenated alkanes) is 1. The average Bonchev–Trinajstić information content (AvgIpc) is 2.10. The largest absolute Gasteiger partial charge is 0.480 e. The highest BCUT2D eigenvalue weighted by Gasteiger charge is 2.14. The van der Waals surface area contributed by atoms with E-state index in [9.17, 15) is 4.79 Å². The Kier molecular flexibility index (Phi) is 7.14. The Morgan fingerprint density at radius 1 is 1.62 bits per heavy atom. The summed E-state index contributed by atoms with van der Waals surface area (Å²) in [4.78, 5) is 10.6. The molecule has 0 aliphatic carbocycles. The van der Waals surface area contributed by atoms with Crippen LogP contribution >= 0.6 is 0 Å². The minimum atomic E-state index is -0.862. The van der Waals surface area contributed by atoms with Crippen molar-refractivity contribution in [2.75, 3.05) is 13.1 Å². The predicted octanol–water partition coefficient (Wildman–Crippen LogP) is -0.192. The third kappa shape index (κ3) is 6.24. The first-order valence-electron chi connectivity index (χ1n) is 4.37. The van der Waals surface area contributed by atoms with Crippen LogP contribution in [-0.4, -0.2) is 36.4 Å². The van der Waals surface area contributed by atoms with Crippen molar-refractivity contribution in [3.8, 4) is 0 Å². The van der Waals surface area contributed by atoms with Gasteiger partial charge in [-0.1, -0.05) is 6.42 Å². The van der Waals surface area contributed by atoms with Crippen molar-refractivity contribution in [1.29, 1.82) is 5.41 Å². The van der Waals surface area contributed by atoms with E-state index >= 15 is 0 Å². The van der Waals surface area contributed by atoms with Crippen molar-refractivity contribution in [3.05, 3.63) is 0 Å². The van der Waals surface area contributed by atoms with E-state index in [-0.39, 0.29) is 0 Å². The molecule has 0 heterocycles. The van der Waals surface area contributed by atoms with Gasteiger partial charge in [0.05, 0.1) is 0 Å². The van der Waals surface area contributed by atoms with Crippen LogP contribution in [0.3, 0.4) is 0 Å². The van der Waals surface area contributed by atoms with E-state index in [0.29, 0.717) is 19.5 Å². The van der Waals surface area contributed by atoms with E-state index < -0.39 is 12.0 Å². The Hall–Kier alpha value is -0.940. The summed E-state index contributed by atoms with van der Waals surface area (Å²) in [6.45, 7) is 0.899. The maximum absolute atomic E-state index is 10.6. The number of nitrogens with two attached hydrogens (primary N) is 1. The van der Waals surface area contributed by atoms with Crippen LogP contribution in [0.5, 0.6) is 0 Å². The summed E-state index contributed by atoms with van der Waals surface area (Å²) < 4.78 is 0. The number of rotatable bonds is 8. The van der Waals surface area contributed by atoms with E-state index in [1.165, 1.54) is 0 Å². The maximum Gasteiger partial charge on any atom is 0.320 e. The molecule has 0 radical (unpaired) electrons. The van der Waals surface area contributed by atoms with Crippen molar-refractivity contribution >= 4 is 12.2 Å². The fourth-order valence-corrected chi connectivity index (χ4v) is 1.01. The van der Waals surface area contributed by atoms with Crippen LogP contribution < -0.4 is 11.1 Å². The SMILES string of the molecule is N=CCN[C@@H](CCCCN)C(=O)O. The smallest absolute Gasteiger partial charge is 0.320 e. The number of hydrogen-bond donors (Lipinski definition) is 4. The maximum atomic E-state index is 10.6. The van der Waals surface area contributed by atoms with Gasteiger partial charge in [0.25, 0.3) is 0 Å². The van der Waals surface area contributed by atoms with Crippen molar-refractivity contribution in [2.24, 2.45) is 5.73 Å². The van der Waals surface area contributed by atoms with Gasteiger partial charge < -0.3 is 16.2 Å². The van der Waals surface area contributed by atoms with Crippen molar-refractivity contribution in [1.82, 2.24) is 5.32 Å². The molecule has 0 bridgehead atoms. The second kappa shape index (κ2) is 7.70. The summed E-state index contributed by atoms with van der Waals surface area (Å²) >= 11 is 0. The Morgan fingerprint density at radius 2 is 2.31 bits per heavy atom. The Labute approximate surface area is 77.8 Å². The summed E-state index contributed by atoms with van der Waals surface area (Å²) in [6, 6.07) is -0.548. The van der Waals surface area contributed by atoms with E-state index in [1.807, 2.05) is 0 Å². The van der Waals surface area contributed by atoms with Gasteiger partial charge in [-0.2, -0.15) is 0 Å². The van der Waals surface area contributed by atoms with Gasteiger partial charge in [0, 0.05) is 12.8 Å². The molecule has 5 N–H and O–H groups in total. The normalized spacial score (nSPS) is 12.4. The first-order valence-corrected chi connectivity index (χ1v) is 4.37. The Morgan fingerprint density at radius 3 is 2.77 bits per heavy atom. The molecule has 0 rings (SSSR count). The molecule has 0 saturated heterocycles. The monoisotopic (exact) mass is 187 g/mol. The zero-order valence-electron chi connectivity index (χ0n) is 7.62. The lowest BCUT2D eigenvalue weighted by atomic mass is 10.1. The number of carbonyl (C=O) groups is 1. The molecule has 0 saturated carbocycles. The molecule has 76 valence electrons. The molecule has 0 aromatic heterocycles. The summed E-state index contributed by atoms with van der Waals surface area (Å²) in [6.07, 6.45) is 3.37.